The quantitative estimate of drug-likeness (QED) is 0.688. The maximum atomic E-state index is 4.30. The molecule has 0 amide bonds. The van der Waals surface area contributed by atoms with Crippen LogP contribution in [0.1, 0.15) is 31.4 Å². The third kappa shape index (κ3) is 1.28. The van der Waals surface area contributed by atoms with Crippen LogP contribution in [-0.4, -0.2) is 15.0 Å². The van der Waals surface area contributed by atoms with Crippen LogP contribution in [0.2, 0.25) is 0 Å². The van der Waals surface area contributed by atoms with E-state index in [-0.39, 0.29) is 1.43 Å². The Morgan fingerprint density at radius 1 is 1.29 bits per heavy atom. The van der Waals surface area contributed by atoms with Gasteiger partial charge in [-0.2, -0.15) is 0 Å². The summed E-state index contributed by atoms with van der Waals surface area (Å²) in [5, 5.41) is 2.44. The Morgan fingerprint density at radius 2 is 2.18 bits per heavy atom. The van der Waals surface area contributed by atoms with Crippen LogP contribution >= 0.6 is 0 Å². The number of nitrogens with one attached hydrogen (secondary N) is 1. The number of hydrogen-bond acceptors (Lipinski definition) is 2. The summed E-state index contributed by atoms with van der Waals surface area (Å²) in [7, 11) is 0. The van der Waals surface area contributed by atoms with E-state index >= 15 is 0 Å². The minimum Gasteiger partial charge on any atom is -0.339 e. The minimum absolute atomic E-state index is 0. The van der Waals surface area contributed by atoms with Crippen LogP contribution in [0.5, 0.6) is 0 Å². The van der Waals surface area contributed by atoms with Crippen molar-refractivity contribution >= 4 is 21.9 Å². The number of fused-ring (bicyclic) bond motifs is 3. The molecule has 0 spiro atoms. The van der Waals surface area contributed by atoms with Crippen LogP contribution in [0, 0.1) is 6.92 Å². The molecule has 0 unspecified atom stereocenters. The Hall–Kier alpha value is -1.90. The maximum absolute atomic E-state index is 4.30. The molecule has 0 aliphatic heterocycles. The lowest BCUT2D eigenvalue weighted by molar-refractivity contribution is 1.14. The van der Waals surface area contributed by atoms with E-state index in [1.54, 1.807) is 6.33 Å². The molecular weight excluding hydrogens is 210 g/mol. The molecule has 3 heteroatoms. The zero-order chi connectivity index (χ0) is 11.4. The van der Waals surface area contributed by atoms with Crippen molar-refractivity contribution in [2.45, 2.75) is 25.7 Å². The van der Waals surface area contributed by atoms with Crippen molar-refractivity contribution in [3.8, 4) is 0 Å². The molecule has 17 heavy (non-hydrogen) atoms. The number of aryl methyl sites for hydroxylation is 1. The first-order valence-corrected chi connectivity index (χ1v) is 6.06. The Labute approximate surface area is 100 Å². The zero-order valence-electron chi connectivity index (χ0n) is 9.70. The summed E-state index contributed by atoms with van der Waals surface area (Å²) in [6.45, 7) is 2.04. The highest BCUT2D eigenvalue weighted by atomic mass is 14.9. The highest BCUT2D eigenvalue weighted by Crippen LogP contribution is 2.41. The first-order chi connectivity index (χ1) is 8.33. The molecule has 86 valence electrons. The van der Waals surface area contributed by atoms with Gasteiger partial charge in [0.05, 0.1) is 5.69 Å². The molecule has 2 heterocycles. The van der Waals surface area contributed by atoms with Gasteiger partial charge in [0, 0.05) is 17.7 Å². The van der Waals surface area contributed by atoms with Crippen LogP contribution in [0.3, 0.4) is 0 Å². The van der Waals surface area contributed by atoms with E-state index in [4.69, 9.17) is 0 Å². The lowest BCUT2D eigenvalue weighted by atomic mass is 10.1. The fourth-order valence-corrected chi connectivity index (χ4v) is 2.57. The van der Waals surface area contributed by atoms with E-state index in [2.05, 4.69) is 33.2 Å². The summed E-state index contributed by atoms with van der Waals surface area (Å²) in [5.41, 5.74) is 4.62. The van der Waals surface area contributed by atoms with E-state index in [0.29, 0.717) is 0 Å². The van der Waals surface area contributed by atoms with E-state index < -0.39 is 0 Å². The fourth-order valence-electron chi connectivity index (χ4n) is 2.57. The third-order valence-electron chi connectivity index (χ3n) is 3.65. The van der Waals surface area contributed by atoms with Crippen molar-refractivity contribution in [1.82, 2.24) is 15.0 Å². The lowest BCUT2D eigenvalue weighted by Crippen LogP contribution is -1.84. The van der Waals surface area contributed by atoms with Crippen LogP contribution in [0.25, 0.3) is 21.9 Å². The number of aromatic amines is 1. The van der Waals surface area contributed by atoms with Gasteiger partial charge in [-0.25, -0.2) is 9.97 Å². The molecule has 2 aromatic heterocycles. The minimum atomic E-state index is 0. The molecule has 1 aliphatic rings. The number of nitrogens with zero attached hydrogens (tertiary/aromatic N) is 2. The number of hydrogen-bond donors (Lipinski definition) is 1. The molecular formula is C14H15N3. The highest BCUT2D eigenvalue weighted by Gasteiger charge is 2.24. The topological polar surface area (TPSA) is 41.6 Å². The second-order valence-electron chi connectivity index (χ2n) is 4.89. The van der Waals surface area contributed by atoms with Gasteiger partial charge in [-0.05, 0) is 43.4 Å². The van der Waals surface area contributed by atoms with Crippen molar-refractivity contribution < 1.29 is 1.43 Å². The molecule has 1 N–H and O–H groups in total. The Balaban J connectivity index is 0.000001000. The average molecular weight is 225 g/mol. The molecule has 1 aliphatic carbocycles. The fraction of sp³-hybridized carbons (Fsp3) is 0.286. The largest absolute Gasteiger partial charge is 0.339 e. The smallest absolute Gasteiger partial charge is 0.142 e. The van der Waals surface area contributed by atoms with Crippen LogP contribution < -0.4 is 0 Å². The predicted molar refractivity (Wildman–Crippen MR) is 70.2 cm³/mol. The average Bonchev–Trinajstić information content (AvgIpc) is 3.10. The second kappa shape index (κ2) is 3.06. The molecule has 3 aromatic rings. The van der Waals surface area contributed by atoms with Gasteiger partial charge in [-0.15, -0.1) is 0 Å². The molecule has 1 aromatic carbocycles. The van der Waals surface area contributed by atoms with Crippen LogP contribution in [0.4, 0.5) is 0 Å². The van der Waals surface area contributed by atoms with Gasteiger partial charge in [-0.1, -0.05) is 6.07 Å². The van der Waals surface area contributed by atoms with Crippen molar-refractivity contribution in [2.75, 3.05) is 0 Å². The summed E-state index contributed by atoms with van der Waals surface area (Å²) in [4.78, 5) is 11.9. The molecule has 3 nitrogen and oxygen atoms in total. The second-order valence-corrected chi connectivity index (χ2v) is 4.89. The van der Waals surface area contributed by atoms with E-state index in [1.807, 2.05) is 6.92 Å². The van der Waals surface area contributed by atoms with E-state index in [0.717, 1.165) is 22.8 Å². The highest BCUT2D eigenvalue weighted by molar-refractivity contribution is 6.07. The normalized spacial score (nSPS) is 15.8. The molecule has 0 bridgehead atoms. The zero-order valence-corrected chi connectivity index (χ0v) is 9.70. The van der Waals surface area contributed by atoms with Gasteiger partial charge in [-0.3, -0.25) is 0 Å². The number of aromatic nitrogens is 3. The Bertz CT molecular complexity index is 728. The molecule has 0 radical (unpaired) electrons. The Morgan fingerprint density at radius 3 is 3.00 bits per heavy atom. The third-order valence-corrected chi connectivity index (χ3v) is 3.65. The van der Waals surface area contributed by atoms with Gasteiger partial charge in [0.15, 0.2) is 0 Å². The summed E-state index contributed by atoms with van der Waals surface area (Å²) >= 11 is 0. The SMILES string of the molecule is Cc1ncnc2[nH]c3ccc(C4CC4)cc3c12.[HH]. The Kier molecular flexibility index (Phi) is 1.65. The first kappa shape index (κ1) is 9.16. The van der Waals surface area contributed by atoms with Crippen molar-refractivity contribution in [3.63, 3.8) is 0 Å². The number of benzene rings is 1. The van der Waals surface area contributed by atoms with E-state index in [1.165, 1.54) is 29.2 Å². The monoisotopic (exact) mass is 225 g/mol. The summed E-state index contributed by atoms with van der Waals surface area (Å²) < 4.78 is 0. The predicted octanol–water partition coefficient (Wildman–Crippen LogP) is 3.54. The first-order valence-electron chi connectivity index (χ1n) is 6.06. The van der Waals surface area contributed by atoms with Gasteiger partial charge < -0.3 is 4.98 Å². The molecule has 0 atom stereocenters. The van der Waals surface area contributed by atoms with Crippen LogP contribution in [0.15, 0.2) is 24.5 Å². The maximum Gasteiger partial charge on any atom is 0.142 e. The molecule has 4 rings (SSSR count). The standard InChI is InChI=1S/C14H13N3.H2/c1-8-13-11-6-10(9-2-3-9)4-5-12(11)17-14(13)16-7-15-8;/h4-7,9H,2-3H2,1H3,(H,15,16,17);1H. The summed E-state index contributed by atoms with van der Waals surface area (Å²) in [6, 6.07) is 6.71. The number of rotatable bonds is 1. The van der Waals surface area contributed by atoms with Crippen molar-refractivity contribution in [2.24, 2.45) is 0 Å². The van der Waals surface area contributed by atoms with Crippen molar-refractivity contribution in [1.29, 1.82) is 0 Å². The van der Waals surface area contributed by atoms with Crippen molar-refractivity contribution in [3.05, 3.63) is 35.8 Å². The lowest BCUT2D eigenvalue weighted by Gasteiger charge is -1.99. The van der Waals surface area contributed by atoms with Gasteiger partial charge in [0.2, 0.25) is 0 Å². The molecule has 1 saturated carbocycles. The van der Waals surface area contributed by atoms with E-state index in [9.17, 15) is 0 Å². The van der Waals surface area contributed by atoms with Crippen LogP contribution in [-0.2, 0) is 0 Å². The molecule has 0 saturated heterocycles. The van der Waals surface area contributed by atoms with Gasteiger partial charge in [0.25, 0.3) is 0 Å². The van der Waals surface area contributed by atoms with Gasteiger partial charge >= 0.3 is 0 Å². The molecule has 1 fully saturated rings. The summed E-state index contributed by atoms with van der Waals surface area (Å²) in [6.07, 6.45) is 4.29. The number of H-pyrrole nitrogens is 1. The van der Waals surface area contributed by atoms with Gasteiger partial charge in [0.1, 0.15) is 12.0 Å². The summed E-state index contributed by atoms with van der Waals surface area (Å²) in [5.74, 6) is 0.786.